The number of carbonyl (C=O) groups excluding carboxylic acids is 1. The summed E-state index contributed by atoms with van der Waals surface area (Å²) in [7, 11) is 4.42. The molecule has 3 atom stereocenters. The molecule has 3 aromatic rings. The van der Waals surface area contributed by atoms with E-state index in [9.17, 15) is 9.90 Å². The fourth-order valence-electron chi connectivity index (χ4n) is 4.91. The van der Waals surface area contributed by atoms with Gasteiger partial charge in [0.1, 0.15) is 11.4 Å². The third kappa shape index (κ3) is 4.13. The lowest BCUT2D eigenvalue weighted by Crippen LogP contribution is -2.17. The lowest BCUT2D eigenvalue weighted by molar-refractivity contribution is -0.116. The van der Waals surface area contributed by atoms with Crippen LogP contribution in [0.2, 0.25) is 0 Å². The van der Waals surface area contributed by atoms with E-state index in [1.54, 1.807) is 17.9 Å². The van der Waals surface area contributed by atoms with Gasteiger partial charge in [0.15, 0.2) is 23.1 Å². The Labute approximate surface area is 200 Å². The molecule has 35 heavy (non-hydrogen) atoms. The summed E-state index contributed by atoms with van der Waals surface area (Å²) < 4.78 is 42.0. The second-order valence-corrected chi connectivity index (χ2v) is 9.14. The molecule has 0 aliphatic heterocycles. The van der Waals surface area contributed by atoms with Crippen molar-refractivity contribution in [3.05, 3.63) is 40.7 Å². The van der Waals surface area contributed by atoms with Crippen LogP contribution < -0.4 is 14.8 Å². The molecule has 0 bridgehead atoms. The predicted octanol–water partition coefficient (Wildman–Crippen LogP) is 3.09. The summed E-state index contributed by atoms with van der Waals surface area (Å²) in [6.45, 7) is 0. The minimum atomic E-state index is -0.726. The number of hydrogen-bond acceptors (Lipinski definition) is 6. The van der Waals surface area contributed by atoms with Crippen molar-refractivity contribution in [3.63, 3.8) is 0 Å². The third-order valence-electron chi connectivity index (χ3n) is 6.93. The summed E-state index contributed by atoms with van der Waals surface area (Å²) in [5, 5.41) is 24.2. The van der Waals surface area contributed by atoms with Crippen molar-refractivity contribution in [2.24, 2.45) is 13.0 Å². The number of amides is 1. The molecule has 1 amide bonds. The Bertz CT molecular complexity index is 1260. The lowest BCUT2D eigenvalue weighted by Gasteiger charge is -2.25. The van der Waals surface area contributed by atoms with E-state index in [0.717, 1.165) is 11.3 Å². The van der Waals surface area contributed by atoms with Gasteiger partial charge < -0.3 is 19.9 Å². The van der Waals surface area contributed by atoms with Crippen LogP contribution in [0.4, 0.5) is 14.5 Å². The molecule has 2 aromatic heterocycles. The van der Waals surface area contributed by atoms with E-state index >= 15 is 8.78 Å². The minimum Gasteiger partial charge on any atom is -0.494 e. The molecule has 1 saturated carbocycles. The summed E-state index contributed by atoms with van der Waals surface area (Å²) in [4.78, 5) is 12.4. The van der Waals surface area contributed by atoms with Crippen molar-refractivity contribution in [1.82, 2.24) is 20.0 Å². The number of benzene rings is 1. The predicted molar refractivity (Wildman–Crippen MR) is 122 cm³/mol. The molecule has 9 nitrogen and oxygen atoms in total. The lowest BCUT2D eigenvalue weighted by atomic mass is 9.81. The molecule has 0 spiro atoms. The summed E-state index contributed by atoms with van der Waals surface area (Å²) >= 11 is 0. The summed E-state index contributed by atoms with van der Waals surface area (Å²) in [6.07, 6.45) is 3.42. The molecule has 0 radical (unpaired) electrons. The zero-order valence-corrected chi connectivity index (χ0v) is 19.7. The Balaban J connectivity index is 1.42. The first-order valence-corrected chi connectivity index (χ1v) is 11.5. The summed E-state index contributed by atoms with van der Waals surface area (Å²) in [6, 6.07) is 1.21. The highest BCUT2D eigenvalue weighted by atomic mass is 19.1. The monoisotopic (exact) mass is 487 g/mol. The Kier molecular flexibility index (Phi) is 5.96. The van der Waals surface area contributed by atoms with Gasteiger partial charge in [-0.25, -0.2) is 8.78 Å². The van der Waals surface area contributed by atoms with Gasteiger partial charge in [-0.1, -0.05) is 0 Å². The highest BCUT2D eigenvalue weighted by Crippen LogP contribution is 2.43. The quantitative estimate of drug-likeness (QED) is 0.472. The molecule has 11 heteroatoms. The van der Waals surface area contributed by atoms with Crippen molar-refractivity contribution >= 4 is 11.6 Å². The van der Waals surface area contributed by atoms with Crippen molar-refractivity contribution in [1.29, 1.82) is 0 Å². The molecule has 1 fully saturated rings. The second-order valence-electron chi connectivity index (χ2n) is 9.14. The number of rotatable bonds is 7. The highest BCUT2D eigenvalue weighted by molar-refractivity contribution is 5.94. The number of nitrogens with one attached hydrogen (secondary N) is 2. The standard InChI is InChI=1S/C24H27F2N5O4/c1-31-24(15(10-27-31)28-19(33)8-12-7-16(12)32)23-13-5-4-11(6-14(13)29-30-23)20-21(25)17(34-2)9-18(35-3)22(20)26/h9-12,16,32H,4-8H2,1-3H3,(H,28,33)(H,29,30)/t11-,12?,16?/m0/s1. The summed E-state index contributed by atoms with van der Waals surface area (Å²) in [5.41, 5.74) is 3.46. The molecule has 2 heterocycles. The molecule has 1 aromatic carbocycles. The number of halogens is 2. The van der Waals surface area contributed by atoms with Crippen LogP contribution in [0.5, 0.6) is 11.5 Å². The number of H-pyrrole nitrogens is 1. The number of hydrogen-bond donors (Lipinski definition) is 3. The van der Waals surface area contributed by atoms with Gasteiger partial charge in [-0.3, -0.25) is 14.6 Å². The van der Waals surface area contributed by atoms with Crippen molar-refractivity contribution in [2.45, 2.75) is 44.1 Å². The van der Waals surface area contributed by atoms with Crippen LogP contribution in [-0.2, 0) is 24.7 Å². The number of aryl methyl sites for hydroxylation is 1. The van der Waals surface area contributed by atoms with E-state index in [-0.39, 0.29) is 35.3 Å². The number of methoxy groups -OCH3 is 2. The van der Waals surface area contributed by atoms with E-state index in [1.807, 2.05) is 0 Å². The average molecular weight is 488 g/mol. The smallest absolute Gasteiger partial charge is 0.224 e. The number of ether oxygens (including phenoxy) is 2. The molecular weight excluding hydrogens is 460 g/mol. The number of aromatic nitrogens is 4. The maximum Gasteiger partial charge on any atom is 0.224 e. The van der Waals surface area contributed by atoms with Crippen molar-refractivity contribution in [3.8, 4) is 22.9 Å². The fourth-order valence-corrected chi connectivity index (χ4v) is 4.91. The van der Waals surface area contributed by atoms with Gasteiger partial charge in [0.05, 0.1) is 32.2 Å². The van der Waals surface area contributed by atoms with Crippen LogP contribution in [0.15, 0.2) is 12.3 Å². The van der Waals surface area contributed by atoms with Crippen LogP contribution >= 0.6 is 0 Å². The molecule has 2 aliphatic carbocycles. The Morgan fingerprint density at radius 3 is 2.60 bits per heavy atom. The van der Waals surface area contributed by atoms with Gasteiger partial charge in [0.2, 0.25) is 5.91 Å². The maximum atomic E-state index is 15.1. The fraction of sp³-hybridized carbons (Fsp3) is 0.458. The second kappa shape index (κ2) is 8.95. The van der Waals surface area contributed by atoms with E-state index in [1.165, 1.54) is 20.3 Å². The number of anilines is 1. The van der Waals surface area contributed by atoms with E-state index in [4.69, 9.17) is 9.47 Å². The first kappa shape index (κ1) is 23.3. The Morgan fingerprint density at radius 2 is 1.97 bits per heavy atom. The number of aromatic amines is 1. The van der Waals surface area contributed by atoms with Gasteiger partial charge in [-0.15, -0.1) is 0 Å². The first-order valence-electron chi connectivity index (χ1n) is 11.5. The zero-order chi connectivity index (χ0) is 24.9. The molecule has 0 saturated heterocycles. The Morgan fingerprint density at radius 1 is 1.29 bits per heavy atom. The number of aliphatic hydroxyl groups excluding tert-OH is 1. The number of nitrogens with zero attached hydrogens (tertiary/aromatic N) is 3. The molecular formula is C24H27F2N5O4. The minimum absolute atomic E-state index is 0.00113. The largest absolute Gasteiger partial charge is 0.494 e. The summed E-state index contributed by atoms with van der Waals surface area (Å²) in [5.74, 6) is -2.21. The van der Waals surface area contributed by atoms with Crippen LogP contribution in [0, 0.1) is 17.6 Å². The van der Waals surface area contributed by atoms with E-state index in [0.29, 0.717) is 42.8 Å². The molecule has 5 rings (SSSR count). The van der Waals surface area contributed by atoms with Gasteiger partial charge in [0.25, 0.3) is 0 Å². The van der Waals surface area contributed by atoms with Crippen LogP contribution in [0.3, 0.4) is 0 Å². The number of fused-ring (bicyclic) bond motifs is 1. The topological polar surface area (TPSA) is 114 Å². The van der Waals surface area contributed by atoms with Gasteiger partial charge in [-0.05, 0) is 37.5 Å². The molecule has 2 aliphatic rings. The van der Waals surface area contributed by atoms with Gasteiger partial charge in [-0.2, -0.15) is 10.2 Å². The molecule has 2 unspecified atom stereocenters. The van der Waals surface area contributed by atoms with Crippen LogP contribution in [-0.4, -0.2) is 51.3 Å². The van der Waals surface area contributed by atoms with Crippen LogP contribution in [0.25, 0.3) is 11.4 Å². The van der Waals surface area contributed by atoms with Gasteiger partial charge >= 0.3 is 0 Å². The molecule has 186 valence electrons. The van der Waals surface area contributed by atoms with E-state index < -0.39 is 23.7 Å². The van der Waals surface area contributed by atoms with E-state index in [2.05, 4.69) is 20.6 Å². The molecule has 3 N–H and O–H groups in total. The zero-order valence-electron chi connectivity index (χ0n) is 19.7. The van der Waals surface area contributed by atoms with Gasteiger partial charge in [0, 0.05) is 36.4 Å². The van der Waals surface area contributed by atoms with Crippen molar-refractivity contribution in [2.75, 3.05) is 19.5 Å². The number of aliphatic hydroxyl groups is 1. The highest BCUT2D eigenvalue weighted by Gasteiger charge is 2.37. The Hall–Kier alpha value is -3.47. The third-order valence-corrected chi connectivity index (χ3v) is 6.93. The normalized spacial score (nSPS) is 20.9. The van der Waals surface area contributed by atoms with Crippen LogP contribution in [0.1, 0.15) is 42.0 Å². The average Bonchev–Trinajstić information content (AvgIpc) is 3.20. The first-order chi connectivity index (χ1) is 16.8. The SMILES string of the molecule is COc1cc(OC)c(F)c([C@H]2CCc3c(-c4c(NC(=O)CC5CC5O)cnn4C)n[nH]c3C2)c1F. The van der Waals surface area contributed by atoms with Crippen molar-refractivity contribution < 1.29 is 28.2 Å². The maximum absolute atomic E-state index is 15.1. The number of carbonyl (C=O) groups is 1.